The Kier molecular flexibility index (Phi) is 6.54. The second-order valence-corrected chi connectivity index (χ2v) is 9.14. The summed E-state index contributed by atoms with van der Waals surface area (Å²) < 4.78 is 5.92. The van der Waals surface area contributed by atoms with Crippen LogP contribution in [-0.2, 0) is 11.3 Å². The van der Waals surface area contributed by atoms with Gasteiger partial charge >= 0.3 is 0 Å². The summed E-state index contributed by atoms with van der Waals surface area (Å²) in [7, 11) is 0. The number of allylic oxidation sites excluding steroid dienone is 4. The summed E-state index contributed by atoms with van der Waals surface area (Å²) in [5.74, 6) is 1.45. The van der Waals surface area contributed by atoms with E-state index in [1.165, 1.54) is 6.33 Å². The van der Waals surface area contributed by atoms with Crippen LogP contribution in [0, 0.1) is 6.92 Å². The van der Waals surface area contributed by atoms with E-state index in [4.69, 9.17) is 16.3 Å². The second-order valence-electron chi connectivity index (χ2n) is 8.68. The molecule has 4 heterocycles. The van der Waals surface area contributed by atoms with Crippen LogP contribution in [-0.4, -0.2) is 38.7 Å². The van der Waals surface area contributed by atoms with E-state index in [9.17, 15) is 5.11 Å². The quantitative estimate of drug-likeness (QED) is 0.668. The van der Waals surface area contributed by atoms with Crippen LogP contribution >= 0.6 is 11.6 Å². The molecule has 0 aliphatic carbocycles. The summed E-state index contributed by atoms with van der Waals surface area (Å²) in [5, 5.41) is 11.0. The molecule has 0 atom stereocenters. The summed E-state index contributed by atoms with van der Waals surface area (Å²) in [6.07, 6.45) is 12.9. The Labute approximate surface area is 199 Å². The Balaban J connectivity index is 1.53. The van der Waals surface area contributed by atoms with Crippen LogP contribution < -0.4 is 9.80 Å². The normalized spacial score (nSPS) is 16.7. The number of hydrogen-bond acceptors (Lipinski definition) is 7. The third-order valence-electron chi connectivity index (χ3n) is 5.68. The Morgan fingerprint density at radius 3 is 2.76 bits per heavy atom. The number of aromatic nitrogens is 3. The molecule has 1 N–H and O–H groups in total. The van der Waals surface area contributed by atoms with E-state index in [0.717, 1.165) is 34.0 Å². The number of hydrogen-bond donors (Lipinski definition) is 1. The van der Waals surface area contributed by atoms with Crippen LogP contribution in [0.5, 0.6) is 0 Å². The predicted molar refractivity (Wildman–Crippen MR) is 131 cm³/mol. The summed E-state index contributed by atoms with van der Waals surface area (Å²) in [4.78, 5) is 16.9. The van der Waals surface area contributed by atoms with E-state index in [1.807, 2.05) is 55.4 Å². The molecule has 0 bridgehead atoms. The number of rotatable bonds is 6. The molecule has 2 aromatic rings. The van der Waals surface area contributed by atoms with Crippen LogP contribution in [0.1, 0.15) is 32.0 Å². The van der Waals surface area contributed by atoms with Gasteiger partial charge in [-0.15, -0.1) is 0 Å². The number of aliphatic hydroxyl groups is 1. The molecule has 2 aliphatic heterocycles. The average molecular weight is 466 g/mol. The molecule has 0 aromatic carbocycles. The van der Waals surface area contributed by atoms with Crippen LogP contribution in [0.3, 0.4) is 0 Å². The molecule has 2 aromatic heterocycles. The zero-order chi connectivity index (χ0) is 23.6. The monoisotopic (exact) mass is 465 g/mol. The fraction of sp³-hybridized carbons (Fsp3) is 0.320. The number of halogens is 1. The van der Waals surface area contributed by atoms with Crippen molar-refractivity contribution in [2.75, 3.05) is 22.9 Å². The molecule has 7 nitrogen and oxygen atoms in total. The van der Waals surface area contributed by atoms with Crippen molar-refractivity contribution in [3.8, 4) is 0 Å². The first-order valence-corrected chi connectivity index (χ1v) is 11.2. The molecule has 0 radical (unpaired) electrons. The maximum Gasteiger partial charge on any atom is 0.137 e. The van der Waals surface area contributed by atoms with Gasteiger partial charge in [-0.25, -0.2) is 15.0 Å². The number of ether oxygens (including phenoxy) is 1. The third kappa shape index (κ3) is 5.26. The molecule has 2 aliphatic rings. The van der Waals surface area contributed by atoms with Crippen LogP contribution in [0.2, 0.25) is 0 Å². The van der Waals surface area contributed by atoms with Gasteiger partial charge < -0.3 is 19.6 Å². The molecule has 4 rings (SSSR count). The predicted octanol–water partition coefficient (Wildman–Crippen LogP) is 4.60. The molecule has 0 saturated heterocycles. The molecular formula is C25H28ClN5O2. The summed E-state index contributed by atoms with van der Waals surface area (Å²) in [6.45, 7) is 9.06. The fourth-order valence-electron chi connectivity index (χ4n) is 3.69. The van der Waals surface area contributed by atoms with Crippen LogP contribution in [0.25, 0.3) is 0 Å². The van der Waals surface area contributed by atoms with Crippen molar-refractivity contribution in [2.24, 2.45) is 0 Å². The Morgan fingerprint density at radius 1 is 1.21 bits per heavy atom. The van der Waals surface area contributed by atoms with E-state index in [0.29, 0.717) is 30.5 Å². The van der Waals surface area contributed by atoms with Gasteiger partial charge in [0.2, 0.25) is 0 Å². The van der Waals surface area contributed by atoms with Gasteiger partial charge in [0.05, 0.1) is 22.9 Å². The van der Waals surface area contributed by atoms with Crippen molar-refractivity contribution in [3.63, 3.8) is 0 Å². The topological polar surface area (TPSA) is 74.6 Å². The highest BCUT2D eigenvalue weighted by Crippen LogP contribution is 2.34. The molecule has 0 saturated carbocycles. The van der Waals surface area contributed by atoms with Crippen molar-refractivity contribution < 1.29 is 9.84 Å². The minimum absolute atomic E-state index is 0.328. The lowest BCUT2D eigenvalue weighted by Crippen LogP contribution is -2.33. The van der Waals surface area contributed by atoms with E-state index in [1.54, 1.807) is 20.0 Å². The van der Waals surface area contributed by atoms with Crippen molar-refractivity contribution in [3.05, 3.63) is 88.6 Å². The number of pyridine rings is 1. The zero-order valence-electron chi connectivity index (χ0n) is 19.3. The number of nitrogens with zero attached hydrogens (tertiary/aromatic N) is 5. The molecule has 33 heavy (non-hydrogen) atoms. The van der Waals surface area contributed by atoms with Gasteiger partial charge in [-0.3, -0.25) is 0 Å². The number of aryl methyl sites for hydroxylation is 1. The molecular weight excluding hydrogens is 438 g/mol. The first-order valence-electron chi connectivity index (χ1n) is 10.8. The largest absolute Gasteiger partial charge is 0.486 e. The van der Waals surface area contributed by atoms with Crippen molar-refractivity contribution >= 4 is 23.1 Å². The summed E-state index contributed by atoms with van der Waals surface area (Å²) in [5.41, 5.74) is 3.92. The molecule has 172 valence electrons. The Hall–Kier alpha value is -3.16. The average Bonchev–Trinajstić information content (AvgIpc) is 2.80. The Morgan fingerprint density at radius 2 is 2.03 bits per heavy atom. The van der Waals surface area contributed by atoms with Gasteiger partial charge in [0.25, 0.3) is 0 Å². The van der Waals surface area contributed by atoms with E-state index >= 15 is 0 Å². The highest BCUT2D eigenvalue weighted by atomic mass is 35.5. The van der Waals surface area contributed by atoms with Crippen molar-refractivity contribution in [1.29, 1.82) is 0 Å². The standard InChI is InChI=1S/C25H28ClN5O2/c1-17-12-28-24(30-9-5-6-19(13-30)25(3,4)32)11-22(17)31-14-21(26)23(10-18(31)2)33-15-20-7-8-27-16-29-20/h5-12,16,32H,13-15H2,1-4H3. The van der Waals surface area contributed by atoms with Crippen molar-refractivity contribution in [1.82, 2.24) is 15.0 Å². The van der Waals surface area contributed by atoms with Gasteiger partial charge in [-0.2, -0.15) is 0 Å². The van der Waals surface area contributed by atoms with Crippen molar-refractivity contribution in [2.45, 2.75) is 39.9 Å². The fourth-order valence-corrected chi connectivity index (χ4v) is 3.92. The van der Waals surface area contributed by atoms with Gasteiger partial charge in [0.15, 0.2) is 0 Å². The minimum atomic E-state index is -0.886. The van der Waals surface area contributed by atoms with Crippen LogP contribution in [0.4, 0.5) is 11.5 Å². The lowest BCUT2D eigenvalue weighted by atomic mass is 9.96. The maximum atomic E-state index is 10.4. The third-order valence-corrected chi connectivity index (χ3v) is 5.99. The molecule has 0 amide bonds. The summed E-state index contributed by atoms with van der Waals surface area (Å²) >= 11 is 6.63. The lowest BCUT2D eigenvalue weighted by molar-refractivity contribution is 0.118. The lowest BCUT2D eigenvalue weighted by Gasteiger charge is -2.33. The first kappa shape index (κ1) is 23.0. The zero-order valence-corrected chi connectivity index (χ0v) is 20.0. The van der Waals surface area contributed by atoms with E-state index in [-0.39, 0.29) is 0 Å². The van der Waals surface area contributed by atoms with Gasteiger partial charge in [0, 0.05) is 48.7 Å². The van der Waals surface area contributed by atoms with E-state index in [2.05, 4.69) is 25.9 Å². The molecule has 8 heteroatoms. The first-order chi connectivity index (χ1) is 15.7. The van der Waals surface area contributed by atoms with Gasteiger partial charge in [0.1, 0.15) is 24.5 Å². The minimum Gasteiger partial charge on any atom is -0.486 e. The van der Waals surface area contributed by atoms with Gasteiger partial charge in [-0.1, -0.05) is 17.7 Å². The smallest absolute Gasteiger partial charge is 0.137 e. The summed E-state index contributed by atoms with van der Waals surface area (Å²) in [6, 6.07) is 3.87. The van der Waals surface area contributed by atoms with Crippen LogP contribution in [0.15, 0.2) is 77.3 Å². The maximum absolute atomic E-state index is 10.4. The molecule has 0 spiro atoms. The van der Waals surface area contributed by atoms with E-state index < -0.39 is 5.60 Å². The van der Waals surface area contributed by atoms with Gasteiger partial charge in [-0.05, 0) is 51.0 Å². The Bertz CT molecular complexity index is 1150. The number of anilines is 2. The second kappa shape index (κ2) is 9.37. The highest BCUT2D eigenvalue weighted by Gasteiger charge is 2.25. The molecule has 0 unspecified atom stereocenters. The molecule has 0 fully saturated rings. The SMILES string of the molecule is CC1=CC(OCc2ccncn2)=C(Cl)CN1c1cc(N2C=CC=C(C(C)(C)O)C2)ncc1C. The highest BCUT2D eigenvalue weighted by molar-refractivity contribution is 6.30.